The van der Waals surface area contributed by atoms with Gasteiger partial charge in [0.1, 0.15) is 11.4 Å². The van der Waals surface area contributed by atoms with Gasteiger partial charge in [-0.05, 0) is 13.0 Å². The summed E-state index contributed by atoms with van der Waals surface area (Å²) in [5, 5.41) is 25.2. The van der Waals surface area contributed by atoms with E-state index in [4.69, 9.17) is 0 Å². The summed E-state index contributed by atoms with van der Waals surface area (Å²) in [6.45, 7) is 3.13. The molecule has 9 heteroatoms. The lowest BCUT2D eigenvalue weighted by Crippen LogP contribution is -2.10. The molecule has 1 N–H and O–H groups in total. The fraction of sp³-hybridized carbons (Fsp3) is 0.273. The van der Waals surface area contributed by atoms with Crippen molar-refractivity contribution in [1.82, 2.24) is 0 Å². The predicted octanol–water partition coefficient (Wildman–Crippen LogP) is 2.27. The number of anilines is 1. The number of nitro groups is 2. The van der Waals surface area contributed by atoms with Crippen molar-refractivity contribution in [3.63, 3.8) is 0 Å². The third-order valence-corrected chi connectivity index (χ3v) is 2.46. The Labute approximate surface area is 113 Å². The van der Waals surface area contributed by atoms with E-state index in [1.54, 1.807) is 6.92 Å². The second-order valence-corrected chi connectivity index (χ2v) is 3.80. The van der Waals surface area contributed by atoms with Gasteiger partial charge in [-0.2, -0.15) is 5.10 Å². The molecule has 0 bridgehead atoms. The Morgan fingerprint density at radius 3 is 2.45 bits per heavy atom. The third-order valence-electron chi connectivity index (χ3n) is 2.46. The largest absolute Gasteiger partial charge is 0.301 e. The number of hydrogen-bond acceptors (Lipinski definition) is 7. The van der Waals surface area contributed by atoms with Gasteiger partial charge < -0.3 is 0 Å². The maximum atomic E-state index is 11.3. The van der Waals surface area contributed by atoms with Gasteiger partial charge in [-0.25, -0.2) is 0 Å². The first-order valence-corrected chi connectivity index (χ1v) is 5.63. The molecule has 0 unspecified atom stereocenters. The van der Waals surface area contributed by atoms with Crippen molar-refractivity contribution in [1.29, 1.82) is 0 Å². The van der Waals surface area contributed by atoms with Gasteiger partial charge in [0.05, 0.1) is 15.9 Å². The molecule has 0 amide bonds. The highest BCUT2D eigenvalue weighted by Crippen LogP contribution is 2.28. The highest BCUT2D eigenvalue weighted by molar-refractivity contribution is 6.38. The van der Waals surface area contributed by atoms with Crippen LogP contribution in [0.15, 0.2) is 23.3 Å². The van der Waals surface area contributed by atoms with Crippen LogP contribution in [0.2, 0.25) is 0 Å². The van der Waals surface area contributed by atoms with Crippen molar-refractivity contribution in [2.75, 3.05) is 5.43 Å². The summed E-state index contributed by atoms with van der Waals surface area (Å²) in [5.41, 5.74) is 1.64. The van der Waals surface area contributed by atoms with Crippen LogP contribution in [-0.4, -0.2) is 21.3 Å². The van der Waals surface area contributed by atoms with Gasteiger partial charge in [-0.3, -0.25) is 30.4 Å². The third kappa shape index (κ3) is 3.57. The minimum absolute atomic E-state index is 0.0242. The summed E-state index contributed by atoms with van der Waals surface area (Å²) in [4.78, 5) is 31.2. The van der Waals surface area contributed by atoms with Crippen LogP contribution in [0.3, 0.4) is 0 Å². The van der Waals surface area contributed by atoms with Gasteiger partial charge >= 0.3 is 5.69 Å². The van der Waals surface area contributed by atoms with E-state index in [0.717, 1.165) is 12.1 Å². The van der Waals surface area contributed by atoms with Crippen LogP contribution in [0.5, 0.6) is 0 Å². The second-order valence-electron chi connectivity index (χ2n) is 3.80. The van der Waals surface area contributed by atoms with E-state index >= 15 is 0 Å². The quantitative estimate of drug-likeness (QED) is 0.483. The number of nitro benzene ring substituents is 2. The molecule has 0 aromatic heterocycles. The van der Waals surface area contributed by atoms with E-state index < -0.39 is 21.2 Å². The minimum Gasteiger partial charge on any atom is -0.293 e. The average Bonchev–Trinajstić information content (AvgIpc) is 2.43. The van der Waals surface area contributed by atoms with Gasteiger partial charge in [0, 0.05) is 12.5 Å². The summed E-state index contributed by atoms with van der Waals surface area (Å²) in [6, 6.07) is 3.11. The topological polar surface area (TPSA) is 128 Å². The van der Waals surface area contributed by atoms with Gasteiger partial charge in [0.15, 0.2) is 5.78 Å². The first-order chi connectivity index (χ1) is 9.36. The van der Waals surface area contributed by atoms with Crippen LogP contribution < -0.4 is 5.43 Å². The number of Topliss-reactive ketones (excluding diaryl/α,β-unsaturated/α-hetero) is 1. The molecule has 0 saturated heterocycles. The molecular formula is C11H12N4O5. The zero-order chi connectivity index (χ0) is 15.3. The Bertz CT molecular complexity index is 596. The summed E-state index contributed by atoms with van der Waals surface area (Å²) < 4.78 is 0. The highest BCUT2D eigenvalue weighted by Gasteiger charge is 2.19. The number of nitrogens with one attached hydrogen (secondary N) is 1. The van der Waals surface area contributed by atoms with Crippen molar-refractivity contribution >= 4 is 28.6 Å². The smallest absolute Gasteiger partial charge is 0.293 e. The van der Waals surface area contributed by atoms with Gasteiger partial charge in [-0.1, -0.05) is 6.92 Å². The number of benzene rings is 1. The molecule has 106 valence electrons. The molecule has 0 aliphatic rings. The minimum atomic E-state index is -0.762. The molecule has 0 aliphatic carbocycles. The molecule has 0 radical (unpaired) electrons. The Morgan fingerprint density at radius 2 is 1.95 bits per heavy atom. The van der Waals surface area contributed by atoms with Crippen molar-refractivity contribution in [3.8, 4) is 0 Å². The monoisotopic (exact) mass is 280 g/mol. The predicted molar refractivity (Wildman–Crippen MR) is 71.8 cm³/mol. The number of non-ortho nitro benzene ring substituents is 1. The Morgan fingerprint density at radius 1 is 1.30 bits per heavy atom. The van der Waals surface area contributed by atoms with Crippen LogP contribution >= 0.6 is 0 Å². The lowest BCUT2D eigenvalue weighted by molar-refractivity contribution is -0.393. The number of nitrogens with zero attached hydrogens (tertiary/aromatic N) is 3. The summed E-state index contributed by atoms with van der Waals surface area (Å²) >= 11 is 0. The summed E-state index contributed by atoms with van der Waals surface area (Å²) in [6.07, 6.45) is 0.263. The van der Waals surface area contributed by atoms with Crippen LogP contribution in [-0.2, 0) is 4.79 Å². The zero-order valence-corrected chi connectivity index (χ0v) is 10.8. The van der Waals surface area contributed by atoms with Gasteiger partial charge in [-0.15, -0.1) is 0 Å². The number of rotatable bonds is 6. The molecule has 0 heterocycles. The number of carbonyl (C=O) groups is 1. The SMILES string of the molecule is CCC(=O)/C(C)=N/Nc1ccc([N+](=O)[O-])cc1[N+](=O)[O-]. The fourth-order valence-electron chi connectivity index (χ4n) is 1.34. The molecule has 0 saturated carbocycles. The molecule has 0 aliphatic heterocycles. The lowest BCUT2D eigenvalue weighted by Gasteiger charge is -2.03. The molecule has 0 spiro atoms. The van der Waals surface area contributed by atoms with Crippen LogP contribution in [0.25, 0.3) is 0 Å². The fourth-order valence-corrected chi connectivity index (χ4v) is 1.34. The summed E-state index contributed by atoms with van der Waals surface area (Å²) in [7, 11) is 0. The molecule has 1 rings (SSSR count). The maximum absolute atomic E-state index is 11.3. The summed E-state index contributed by atoms with van der Waals surface area (Å²) in [5.74, 6) is -0.206. The number of ketones is 1. The lowest BCUT2D eigenvalue weighted by atomic mass is 10.2. The van der Waals surface area contributed by atoms with E-state index in [2.05, 4.69) is 10.5 Å². The molecule has 9 nitrogen and oxygen atoms in total. The van der Waals surface area contributed by atoms with Crippen LogP contribution in [0, 0.1) is 20.2 Å². The Balaban J connectivity index is 3.10. The van der Waals surface area contributed by atoms with Crippen LogP contribution in [0.1, 0.15) is 20.3 Å². The molecule has 20 heavy (non-hydrogen) atoms. The van der Waals surface area contributed by atoms with E-state index in [0.29, 0.717) is 0 Å². The Hall–Kier alpha value is -2.84. The van der Waals surface area contributed by atoms with Crippen molar-refractivity contribution in [2.45, 2.75) is 20.3 Å². The van der Waals surface area contributed by atoms with E-state index in [9.17, 15) is 25.0 Å². The molecular weight excluding hydrogens is 268 g/mol. The first kappa shape index (κ1) is 15.2. The number of carbonyl (C=O) groups excluding carboxylic acids is 1. The van der Waals surface area contributed by atoms with Crippen molar-refractivity contribution < 1.29 is 14.6 Å². The molecule has 1 aromatic rings. The first-order valence-electron chi connectivity index (χ1n) is 5.63. The molecule has 1 aromatic carbocycles. The normalized spacial score (nSPS) is 11.0. The van der Waals surface area contributed by atoms with Crippen molar-refractivity contribution in [2.24, 2.45) is 5.10 Å². The number of hydrogen-bond donors (Lipinski definition) is 1. The number of hydrazone groups is 1. The average molecular weight is 280 g/mol. The zero-order valence-electron chi connectivity index (χ0n) is 10.8. The second kappa shape index (κ2) is 6.36. The Kier molecular flexibility index (Phi) is 4.84. The van der Waals surface area contributed by atoms with Gasteiger partial charge in [0.25, 0.3) is 5.69 Å². The maximum Gasteiger partial charge on any atom is 0.301 e. The van der Waals surface area contributed by atoms with E-state index in [1.165, 1.54) is 13.0 Å². The van der Waals surface area contributed by atoms with Gasteiger partial charge in [0.2, 0.25) is 0 Å². The van der Waals surface area contributed by atoms with Crippen LogP contribution in [0.4, 0.5) is 17.1 Å². The molecule has 0 fully saturated rings. The van der Waals surface area contributed by atoms with E-state index in [-0.39, 0.29) is 23.6 Å². The van der Waals surface area contributed by atoms with E-state index in [1.807, 2.05) is 0 Å². The standard InChI is InChI=1S/C11H12N4O5/c1-3-11(16)7(2)12-13-9-5-4-8(14(17)18)6-10(9)15(19)20/h4-6,13H,3H2,1-2H3/b12-7+. The van der Waals surface area contributed by atoms with Crippen molar-refractivity contribution in [3.05, 3.63) is 38.4 Å². The molecule has 0 atom stereocenters. The highest BCUT2D eigenvalue weighted by atomic mass is 16.6.